The van der Waals surface area contributed by atoms with Crippen molar-refractivity contribution in [2.45, 2.75) is 6.42 Å². The lowest BCUT2D eigenvalue weighted by Gasteiger charge is -2.07. The minimum atomic E-state index is -1.10. The Morgan fingerprint density at radius 3 is 2.94 bits per heavy atom. The van der Waals surface area contributed by atoms with E-state index in [0.717, 1.165) is 0 Å². The molecule has 0 radical (unpaired) electrons. The third-order valence-electron chi connectivity index (χ3n) is 1.82. The summed E-state index contributed by atoms with van der Waals surface area (Å²) in [5.74, 6) is -0.966. The Hall–Kier alpha value is -1.33. The Morgan fingerprint density at radius 2 is 2.31 bits per heavy atom. The molecule has 0 aliphatic rings. The van der Waals surface area contributed by atoms with Gasteiger partial charge in [-0.1, -0.05) is 11.6 Å². The maximum atomic E-state index is 10.8. The lowest BCUT2D eigenvalue weighted by atomic mass is 10.3. The van der Waals surface area contributed by atoms with E-state index in [9.17, 15) is 4.79 Å². The molecule has 0 unspecified atom stereocenters. The fourth-order valence-corrected chi connectivity index (χ4v) is 1.31. The molecule has 88 valence electrons. The number of rotatable bonds is 6. The summed E-state index contributed by atoms with van der Waals surface area (Å²) in [6, 6.07) is 1.33. The average molecular weight is 246 g/mol. The zero-order chi connectivity index (χ0) is 12.0. The van der Waals surface area contributed by atoms with Crippen molar-refractivity contribution in [2.24, 2.45) is 0 Å². The van der Waals surface area contributed by atoms with Gasteiger partial charge in [-0.25, -0.2) is 9.78 Å². The molecule has 16 heavy (non-hydrogen) atoms. The molecule has 1 aromatic heterocycles. The second-order valence-electron chi connectivity index (χ2n) is 2.98. The van der Waals surface area contributed by atoms with Crippen molar-refractivity contribution in [2.75, 3.05) is 20.3 Å². The van der Waals surface area contributed by atoms with Crippen molar-refractivity contribution in [1.82, 2.24) is 4.98 Å². The molecular weight excluding hydrogens is 234 g/mol. The van der Waals surface area contributed by atoms with Crippen LogP contribution in [0.3, 0.4) is 0 Å². The van der Waals surface area contributed by atoms with Gasteiger partial charge < -0.3 is 14.6 Å². The highest BCUT2D eigenvalue weighted by Crippen LogP contribution is 2.25. The quantitative estimate of drug-likeness (QED) is 0.775. The highest BCUT2D eigenvalue weighted by molar-refractivity contribution is 6.34. The number of halogens is 1. The summed E-state index contributed by atoms with van der Waals surface area (Å²) < 4.78 is 10.1. The predicted octanol–water partition coefficient (Wildman–Crippen LogP) is 1.85. The molecule has 0 bridgehead atoms. The number of carbonyl (C=O) groups is 1. The van der Waals surface area contributed by atoms with Crippen LogP contribution in [0.2, 0.25) is 5.02 Å². The predicted molar refractivity (Wildman–Crippen MR) is 58.2 cm³/mol. The fraction of sp³-hybridized carbons (Fsp3) is 0.400. The first kappa shape index (κ1) is 12.7. The molecule has 1 N–H and O–H groups in total. The summed E-state index contributed by atoms with van der Waals surface area (Å²) in [5, 5.41) is 8.83. The van der Waals surface area contributed by atoms with E-state index in [1.807, 2.05) is 0 Å². The number of carboxylic acids is 1. The Balaban J connectivity index is 2.66. The summed E-state index contributed by atoms with van der Waals surface area (Å²) in [6.45, 7) is 0.944. The number of ether oxygens (including phenoxy) is 2. The number of hydrogen-bond donors (Lipinski definition) is 1. The second-order valence-corrected chi connectivity index (χ2v) is 3.36. The molecular formula is C10H12ClNO4. The van der Waals surface area contributed by atoms with Gasteiger partial charge in [0.05, 0.1) is 12.2 Å². The van der Waals surface area contributed by atoms with Crippen molar-refractivity contribution in [3.05, 3.63) is 22.8 Å². The van der Waals surface area contributed by atoms with Crippen LogP contribution in [-0.4, -0.2) is 36.4 Å². The average Bonchev–Trinajstić information content (AvgIpc) is 2.26. The molecule has 0 saturated heterocycles. The topological polar surface area (TPSA) is 68.7 Å². The minimum absolute atomic E-state index is 0.0154. The van der Waals surface area contributed by atoms with Crippen LogP contribution in [0.5, 0.6) is 5.88 Å². The number of nitrogens with zero attached hydrogens (tertiary/aromatic N) is 1. The first-order valence-electron chi connectivity index (χ1n) is 4.66. The van der Waals surface area contributed by atoms with Crippen molar-refractivity contribution >= 4 is 17.6 Å². The number of pyridine rings is 1. The molecule has 5 nitrogen and oxygen atoms in total. The molecule has 0 aliphatic carbocycles. The summed E-state index contributed by atoms with van der Waals surface area (Å²) >= 11 is 5.82. The summed E-state index contributed by atoms with van der Waals surface area (Å²) in [5.41, 5.74) is -0.0154. The summed E-state index contributed by atoms with van der Waals surface area (Å²) in [6.07, 6.45) is 2.03. The maximum absolute atomic E-state index is 10.8. The molecule has 0 amide bonds. The van der Waals surface area contributed by atoms with Crippen LogP contribution >= 0.6 is 11.6 Å². The van der Waals surface area contributed by atoms with Gasteiger partial charge >= 0.3 is 5.97 Å². The van der Waals surface area contributed by atoms with E-state index in [2.05, 4.69) is 4.98 Å². The number of carboxylic acid groups (broad SMARTS) is 1. The van der Waals surface area contributed by atoms with Gasteiger partial charge in [0.1, 0.15) is 5.02 Å². The van der Waals surface area contributed by atoms with Gasteiger partial charge in [0.2, 0.25) is 5.88 Å². The van der Waals surface area contributed by atoms with Crippen LogP contribution in [0.25, 0.3) is 0 Å². The molecule has 0 aromatic carbocycles. The normalized spacial score (nSPS) is 10.1. The first-order valence-corrected chi connectivity index (χ1v) is 5.04. The molecule has 1 aromatic rings. The van der Waals surface area contributed by atoms with E-state index >= 15 is 0 Å². The highest BCUT2D eigenvalue weighted by atomic mass is 35.5. The van der Waals surface area contributed by atoms with Gasteiger partial charge in [-0.3, -0.25) is 0 Å². The Morgan fingerprint density at radius 1 is 1.56 bits per heavy atom. The van der Waals surface area contributed by atoms with Gasteiger partial charge in [0.15, 0.2) is 0 Å². The summed E-state index contributed by atoms with van der Waals surface area (Å²) in [7, 11) is 1.59. The third kappa shape index (κ3) is 3.36. The number of aromatic carboxylic acids is 1. The van der Waals surface area contributed by atoms with Crippen molar-refractivity contribution in [3.63, 3.8) is 0 Å². The number of hydrogen-bond acceptors (Lipinski definition) is 4. The molecule has 1 rings (SSSR count). The van der Waals surface area contributed by atoms with Crippen molar-refractivity contribution < 1.29 is 19.4 Å². The zero-order valence-electron chi connectivity index (χ0n) is 8.77. The number of aromatic nitrogens is 1. The van der Waals surface area contributed by atoms with Gasteiger partial charge in [0.25, 0.3) is 0 Å². The number of methoxy groups -OCH3 is 1. The molecule has 0 saturated carbocycles. The minimum Gasteiger partial charge on any atom is -0.478 e. The van der Waals surface area contributed by atoms with Gasteiger partial charge in [-0.2, -0.15) is 0 Å². The molecule has 6 heteroatoms. The maximum Gasteiger partial charge on any atom is 0.337 e. The van der Waals surface area contributed by atoms with Crippen LogP contribution in [0, 0.1) is 0 Å². The Kier molecular flexibility index (Phi) is 5.01. The van der Waals surface area contributed by atoms with Crippen LogP contribution < -0.4 is 4.74 Å². The van der Waals surface area contributed by atoms with E-state index in [-0.39, 0.29) is 16.5 Å². The molecule has 0 fully saturated rings. The SMILES string of the molecule is COCCCOc1nccc(C(=O)O)c1Cl. The monoisotopic (exact) mass is 245 g/mol. The molecule has 0 atom stereocenters. The highest BCUT2D eigenvalue weighted by Gasteiger charge is 2.13. The van der Waals surface area contributed by atoms with Gasteiger partial charge in [-0.05, 0) is 6.07 Å². The third-order valence-corrected chi connectivity index (χ3v) is 2.18. The van der Waals surface area contributed by atoms with E-state index in [1.54, 1.807) is 7.11 Å². The first-order chi connectivity index (χ1) is 7.66. The Labute approximate surface area is 98.0 Å². The second kappa shape index (κ2) is 6.30. The van der Waals surface area contributed by atoms with E-state index in [4.69, 9.17) is 26.2 Å². The van der Waals surface area contributed by atoms with Crippen molar-refractivity contribution in [1.29, 1.82) is 0 Å². The largest absolute Gasteiger partial charge is 0.478 e. The molecule has 0 spiro atoms. The van der Waals surface area contributed by atoms with Crippen LogP contribution in [0.4, 0.5) is 0 Å². The lowest BCUT2D eigenvalue weighted by molar-refractivity contribution is 0.0696. The van der Waals surface area contributed by atoms with Gasteiger partial charge in [0, 0.05) is 26.3 Å². The molecule has 0 aliphatic heterocycles. The smallest absolute Gasteiger partial charge is 0.337 e. The zero-order valence-corrected chi connectivity index (χ0v) is 9.53. The van der Waals surface area contributed by atoms with Crippen molar-refractivity contribution in [3.8, 4) is 5.88 Å². The lowest BCUT2D eigenvalue weighted by Crippen LogP contribution is -2.05. The standard InChI is InChI=1S/C10H12ClNO4/c1-15-5-2-6-16-9-8(11)7(10(13)14)3-4-12-9/h3-4H,2,5-6H2,1H3,(H,13,14). The van der Waals surface area contributed by atoms with Crippen LogP contribution in [0.15, 0.2) is 12.3 Å². The van der Waals surface area contributed by atoms with Crippen LogP contribution in [-0.2, 0) is 4.74 Å². The Bertz CT molecular complexity index is 370. The van der Waals surface area contributed by atoms with E-state index in [1.165, 1.54) is 12.3 Å². The fourth-order valence-electron chi connectivity index (χ4n) is 1.06. The van der Waals surface area contributed by atoms with E-state index in [0.29, 0.717) is 19.6 Å². The van der Waals surface area contributed by atoms with E-state index < -0.39 is 5.97 Å². The van der Waals surface area contributed by atoms with Gasteiger partial charge in [-0.15, -0.1) is 0 Å². The van der Waals surface area contributed by atoms with Crippen LogP contribution in [0.1, 0.15) is 16.8 Å². The summed E-state index contributed by atoms with van der Waals surface area (Å²) in [4.78, 5) is 14.6. The molecule has 1 heterocycles.